The van der Waals surface area contributed by atoms with Crippen molar-refractivity contribution in [3.05, 3.63) is 126 Å². The minimum Gasteiger partial charge on any atom is -0.496 e. The number of ether oxygens (including phenoxy) is 1. The Morgan fingerprint density at radius 3 is 2.47 bits per heavy atom. The molecule has 5 aromatic rings. The van der Waals surface area contributed by atoms with E-state index < -0.39 is 5.82 Å². The van der Waals surface area contributed by atoms with Crippen LogP contribution in [0.5, 0.6) is 5.75 Å². The van der Waals surface area contributed by atoms with Crippen molar-refractivity contribution in [3.8, 4) is 22.7 Å². The molecule has 0 radical (unpaired) electrons. The fraction of sp³-hybridized carbons (Fsp3) is 0.152. The number of aromatic nitrogens is 3. The molecule has 1 N–H and O–H groups in total. The summed E-state index contributed by atoms with van der Waals surface area (Å²) in [6.07, 6.45) is 3.32. The molecule has 8 nitrogen and oxygen atoms in total. The Morgan fingerprint density at radius 2 is 1.72 bits per heavy atom. The summed E-state index contributed by atoms with van der Waals surface area (Å²) in [6.45, 7) is 0.0680. The van der Waals surface area contributed by atoms with Crippen LogP contribution in [-0.4, -0.2) is 46.0 Å². The molecule has 0 fully saturated rings. The maximum absolute atomic E-state index is 14.0. The highest BCUT2D eigenvalue weighted by Gasteiger charge is 2.38. The minimum absolute atomic E-state index is 0.118. The number of carbonyl (C=O) groups is 2. The summed E-state index contributed by atoms with van der Waals surface area (Å²) in [6, 6.07) is 27.0. The Bertz CT molecular complexity index is 1750. The second-order valence-electron chi connectivity index (χ2n) is 9.89. The first-order chi connectivity index (χ1) is 21.0. The zero-order valence-corrected chi connectivity index (χ0v) is 24.1. The van der Waals surface area contributed by atoms with Gasteiger partial charge < -0.3 is 10.1 Å². The zero-order chi connectivity index (χ0) is 29.8. The molecule has 0 bridgehead atoms. The van der Waals surface area contributed by atoms with Gasteiger partial charge in [-0.15, -0.1) is 11.8 Å². The summed E-state index contributed by atoms with van der Waals surface area (Å²) in [5, 5.41) is 7.59. The first-order valence-electron chi connectivity index (χ1n) is 13.7. The van der Waals surface area contributed by atoms with Gasteiger partial charge in [-0.3, -0.25) is 19.5 Å². The normalized spacial score (nSPS) is 14.6. The molecular weight excluding hydrogens is 565 g/mol. The molecule has 3 heterocycles. The second kappa shape index (κ2) is 12.5. The molecule has 2 aromatic heterocycles. The second-order valence-corrected chi connectivity index (χ2v) is 11.0. The third-order valence-electron chi connectivity index (χ3n) is 7.17. The lowest BCUT2D eigenvalue weighted by atomic mass is 9.99. The fourth-order valence-corrected chi connectivity index (χ4v) is 6.34. The number of fused-ring (bicyclic) bond motifs is 1. The number of amides is 2. The number of halogens is 1. The average molecular weight is 594 g/mol. The predicted octanol–water partition coefficient (Wildman–Crippen LogP) is 5.57. The molecule has 0 saturated heterocycles. The zero-order valence-electron chi connectivity index (χ0n) is 23.3. The molecule has 1 aliphatic heterocycles. The van der Waals surface area contributed by atoms with E-state index in [1.165, 1.54) is 28.8 Å². The molecule has 43 heavy (non-hydrogen) atoms. The third-order valence-corrected chi connectivity index (χ3v) is 8.41. The minimum atomic E-state index is -0.392. The van der Waals surface area contributed by atoms with Gasteiger partial charge in [0.25, 0.3) is 0 Å². The maximum atomic E-state index is 14.0. The van der Waals surface area contributed by atoms with Crippen molar-refractivity contribution >= 4 is 29.4 Å². The number of methoxy groups -OCH3 is 1. The van der Waals surface area contributed by atoms with E-state index in [9.17, 15) is 14.0 Å². The summed E-state index contributed by atoms with van der Waals surface area (Å²) in [5.41, 5.74) is 4.58. The highest BCUT2D eigenvalue weighted by molar-refractivity contribution is 8.00. The predicted molar refractivity (Wildman–Crippen MR) is 165 cm³/mol. The number of pyridine rings is 1. The van der Waals surface area contributed by atoms with E-state index >= 15 is 0 Å². The molecule has 10 heteroatoms. The Morgan fingerprint density at radius 1 is 1.00 bits per heavy atom. The summed E-state index contributed by atoms with van der Waals surface area (Å²) in [7, 11) is 1.62. The van der Waals surface area contributed by atoms with Gasteiger partial charge in [0.05, 0.1) is 29.5 Å². The number of rotatable bonds is 8. The average Bonchev–Trinajstić information content (AvgIpc) is 3.37. The summed E-state index contributed by atoms with van der Waals surface area (Å²) < 4.78 is 21.4. The summed E-state index contributed by atoms with van der Waals surface area (Å²) in [4.78, 5) is 32.7. The molecule has 2 amide bonds. The number of hydrogen-bond acceptors (Lipinski definition) is 6. The van der Waals surface area contributed by atoms with Gasteiger partial charge in [0, 0.05) is 35.6 Å². The first kappa shape index (κ1) is 28.2. The van der Waals surface area contributed by atoms with Crippen LogP contribution in [0.2, 0.25) is 0 Å². The third kappa shape index (κ3) is 5.87. The Labute approximate surface area is 252 Å². The lowest BCUT2D eigenvalue weighted by Crippen LogP contribution is -2.42. The van der Waals surface area contributed by atoms with Gasteiger partial charge in [-0.05, 0) is 48.0 Å². The van der Waals surface area contributed by atoms with Crippen LogP contribution in [0.25, 0.3) is 16.9 Å². The van der Waals surface area contributed by atoms with Gasteiger partial charge >= 0.3 is 0 Å². The maximum Gasteiger partial charge on any atom is 0.240 e. The molecular formula is C33H28FN5O3S. The van der Waals surface area contributed by atoms with Crippen molar-refractivity contribution in [2.24, 2.45) is 0 Å². The number of para-hydroxylation sites is 1. The van der Waals surface area contributed by atoms with E-state index in [2.05, 4.69) is 10.3 Å². The molecule has 0 saturated carbocycles. The highest BCUT2D eigenvalue weighted by atomic mass is 32.2. The van der Waals surface area contributed by atoms with Crippen LogP contribution in [0, 0.1) is 5.82 Å². The highest BCUT2D eigenvalue weighted by Crippen LogP contribution is 2.50. The molecule has 0 spiro atoms. The van der Waals surface area contributed by atoms with E-state index in [1.807, 2.05) is 66.7 Å². The van der Waals surface area contributed by atoms with E-state index in [4.69, 9.17) is 9.84 Å². The van der Waals surface area contributed by atoms with Crippen molar-refractivity contribution in [3.63, 3.8) is 0 Å². The quantitative estimate of drug-likeness (QED) is 0.253. The number of nitrogens with zero attached hydrogens (tertiary/aromatic N) is 4. The van der Waals surface area contributed by atoms with E-state index in [1.54, 1.807) is 36.3 Å². The number of thioether (sulfide) groups is 1. The van der Waals surface area contributed by atoms with Crippen molar-refractivity contribution < 1.29 is 18.7 Å². The topological polar surface area (TPSA) is 89.3 Å². The molecule has 0 aliphatic carbocycles. The van der Waals surface area contributed by atoms with Crippen LogP contribution in [0.15, 0.2) is 103 Å². The van der Waals surface area contributed by atoms with Crippen LogP contribution in [0.4, 0.5) is 10.2 Å². The van der Waals surface area contributed by atoms with Crippen molar-refractivity contribution in [2.75, 3.05) is 24.3 Å². The van der Waals surface area contributed by atoms with Gasteiger partial charge in [-0.25, -0.2) is 9.07 Å². The number of carbonyl (C=O) groups excluding carboxylic acids is 2. The molecule has 3 aromatic carbocycles. The molecule has 6 rings (SSSR count). The van der Waals surface area contributed by atoms with Crippen LogP contribution in [0.3, 0.4) is 0 Å². The number of nitrogens with one attached hydrogen (secondary N) is 1. The molecule has 0 unspecified atom stereocenters. The van der Waals surface area contributed by atoms with Gasteiger partial charge in [0.2, 0.25) is 11.8 Å². The lowest BCUT2D eigenvalue weighted by Gasteiger charge is -2.23. The molecule has 1 aliphatic rings. The van der Waals surface area contributed by atoms with Gasteiger partial charge in [-0.2, -0.15) is 5.10 Å². The van der Waals surface area contributed by atoms with Crippen molar-refractivity contribution in [1.29, 1.82) is 0 Å². The van der Waals surface area contributed by atoms with Crippen LogP contribution in [-0.2, 0) is 16.1 Å². The number of hydrogen-bond donors (Lipinski definition) is 1. The van der Waals surface area contributed by atoms with E-state index in [-0.39, 0.29) is 29.4 Å². The van der Waals surface area contributed by atoms with Gasteiger partial charge in [0.15, 0.2) is 0 Å². The number of benzene rings is 3. The van der Waals surface area contributed by atoms with E-state index in [0.717, 1.165) is 22.3 Å². The largest absolute Gasteiger partial charge is 0.496 e. The SMILES string of the molecule is COc1ccccc1[C@@H]1SCC(=O)N(CC(=O)NCc2ccncc2)c2c1c(-c1ccccc1)nn2-c1ccc(F)cc1. The van der Waals surface area contributed by atoms with E-state index in [0.29, 0.717) is 29.5 Å². The standard InChI is InChI=1S/C33H28FN5O3S/c1-42-27-10-6-5-9-26(27)32-30-31(23-7-3-2-4-8-23)37-39(25-13-11-24(34)12-14-25)33(30)38(29(41)21-43-32)20-28(40)36-19-22-15-17-35-18-16-22/h2-18,32H,19-21H2,1H3,(H,36,40)/t32-/m0/s1. The summed E-state index contributed by atoms with van der Waals surface area (Å²) in [5.74, 6) is 0.282. The van der Waals surface area contributed by atoms with Crippen molar-refractivity contribution in [2.45, 2.75) is 11.8 Å². The van der Waals surface area contributed by atoms with Crippen LogP contribution < -0.4 is 15.0 Å². The number of anilines is 1. The lowest BCUT2D eigenvalue weighted by molar-refractivity contribution is -0.123. The van der Waals surface area contributed by atoms with Crippen LogP contribution in [0.1, 0.15) is 21.9 Å². The molecule has 216 valence electrons. The van der Waals surface area contributed by atoms with Gasteiger partial charge in [0.1, 0.15) is 23.9 Å². The Balaban J connectivity index is 1.53. The Kier molecular flexibility index (Phi) is 8.19. The van der Waals surface area contributed by atoms with Crippen LogP contribution >= 0.6 is 11.8 Å². The smallest absolute Gasteiger partial charge is 0.240 e. The summed E-state index contributed by atoms with van der Waals surface area (Å²) >= 11 is 1.46. The Hall–Kier alpha value is -4.96. The van der Waals surface area contributed by atoms with Gasteiger partial charge in [-0.1, -0.05) is 48.5 Å². The first-order valence-corrected chi connectivity index (χ1v) is 14.7. The molecule has 1 atom stereocenters. The fourth-order valence-electron chi connectivity index (χ4n) is 5.12. The van der Waals surface area contributed by atoms with Crippen molar-refractivity contribution in [1.82, 2.24) is 20.1 Å². The monoisotopic (exact) mass is 593 g/mol.